The van der Waals surface area contributed by atoms with Gasteiger partial charge in [0.1, 0.15) is 18.5 Å². The highest BCUT2D eigenvalue weighted by atomic mass is 32.2. The summed E-state index contributed by atoms with van der Waals surface area (Å²) >= 11 is 0. The minimum Gasteiger partial charge on any atom is -0.337 e. The van der Waals surface area contributed by atoms with Crippen molar-refractivity contribution in [2.75, 3.05) is 13.1 Å². The van der Waals surface area contributed by atoms with Crippen LogP contribution in [0.25, 0.3) is 22.0 Å². The van der Waals surface area contributed by atoms with Gasteiger partial charge in [-0.05, 0) is 43.7 Å². The summed E-state index contributed by atoms with van der Waals surface area (Å²) in [6.45, 7) is 2.12. The van der Waals surface area contributed by atoms with Crippen molar-refractivity contribution in [2.24, 2.45) is 0 Å². The number of hydrogen-bond acceptors (Lipinski definition) is 7. The van der Waals surface area contributed by atoms with Crippen LogP contribution in [0, 0.1) is 6.92 Å². The summed E-state index contributed by atoms with van der Waals surface area (Å²) in [6, 6.07) is 11.9. The number of alkyl halides is 1. The Hall–Kier alpha value is -4.29. The highest BCUT2D eigenvalue weighted by molar-refractivity contribution is 7.89. The smallest absolute Gasteiger partial charge is 0.243 e. The molecule has 0 unspecified atom stereocenters. The van der Waals surface area contributed by atoms with Crippen molar-refractivity contribution in [1.82, 2.24) is 24.2 Å². The lowest BCUT2D eigenvalue weighted by Gasteiger charge is -2.24. The number of halogens is 1. The van der Waals surface area contributed by atoms with Gasteiger partial charge in [-0.1, -0.05) is 24.3 Å². The van der Waals surface area contributed by atoms with Crippen molar-refractivity contribution in [3.8, 4) is 11.1 Å². The maximum Gasteiger partial charge on any atom is 0.243 e. The molecule has 0 spiro atoms. The molecule has 1 amide bonds. The van der Waals surface area contributed by atoms with E-state index >= 15 is 0 Å². The first-order chi connectivity index (χ1) is 19.5. The van der Waals surface area contributed by atoms with Crippen molar-refractivity contribution in [2.45, 2.75) is 43.9 Å². The summed E-state index contributed by atoms with van der Waals surface area (Å²) < 4.78 is 43.4. The number of aryl methyl sites for hydroxylation is 1. The average Bonchev–Trinajstić information content (AvgIpc) is 3.53. The van der Waals surface area contributed by atoms with Gasteiger partial charge in [0.25, 0.3) is 0 Å². The lowest BCUT2D eigenvalue weighted by atomic mass is 10.0. The zero-order valence-electron chi connectivity index (χ0n) is 22.5. The van der Waals surface area contributed by atoms with Gasteiger partial charge in [-0.15, -0.1) is 0 Å². The topological polar surface area (TPSA) is 131 Å². The van der Waals surface area contributed by atoms with E-state index < -0.39 is 40.5 Å². The monoisotopic (exact) mass is 577 g/mol. The van der Waals surface area contributed by atoms with Crippen molar-refractivity contribution in [3.05, 3.63) is 78.5 Å². The summed E-state index contributed by atoms with van der Waals surface area (Å²) in [7, 11) is -3.95. The lowest BCUT2D eigenvalue weighted by molar-refractivity contribution is -0.137. The first kappa shape index (κ1) is 28.2. The van der Waals surface area contributed by atoms with Crippen LogP contribution < -0.4 is 4.72 Å². The van der Waals surface area contributed by atoms with Gasteiger partial charge in [0.2, 0.25) is 15.9 Å². The second-order valence-corrected chi connectivity index (χ2v) is 11.7. The molecule has 12 heteroatoms. The number of sulfonamides is 1. The molecule has 1 aliphatic rings. The van der Waals surface area contributed by atoms with Crippen molar-refractivity contribution >= 4 is 38.4 Å². The number of hydrogen-bond donors (Lipinski definition) is 1. The van der Waals surface area contributed by atoms with Crippen LogP contribution in [0.3, 0.4) is 0 Å². The van der Waals surface area contributed by atoms with Gasteiger partial charge in [-0.25, -0.2) is 27.5 Å². The standard InChI is InChI=1S/C29H28FN5O5S/c1-18(36)25-16-34(26-9-8-20(10-24(25)26)21-12-31-19(2)32-13-21)17-29(38)35-15-22(30)11-27(35)28(37)14-33-41(39,40)23-6-4-3-5-7-23/h3-10,12-13,16,22,27,33H,11,14-15,17H2,1-2H3/t22-,27+/m1/s1. The molecule has 5 rings (SSSR count). The minimum atomic E-state index is -3.95. The van der Waals surface area contributed by atoms with Crippen LogP contribution in [0.1, 0.15) is 29.5 Å². The van der Waals surface area contributed by atoms with E-state index in [4.69, 9.17) is 0 Å². The third-order valence-corrected chi connectivity index (χ3v) is 8.53. The number of carbonyl (C=O) groups is 3. The van der Waals surface area contributed by atoms with Gasteiger partial charge >= 0.3 is 0 Å². The maximum absolute atomic E-state index is 14.5. The van der Waals surface area contributed by atoms with Crippen LogP contribution in [0.4, 0.5) is 4.39 Å². The molecule has 2 atom stereocenters. The van der Waals surface area contributed by atoms with E-state index in [9.17, 15) is 27.2 Å². The van der Waals surface area contributed by atoms with Crippen LogP contribution in [-0.4, -0.2) is 70.6 Å². The summed E-state index contributed by atoms with van der Waals surface area (Å²) in [6.07, 6.45) is 3.32. The number of likely N-dealkylation sites (tertiary alicyclic amines) is 1. The molecule has 3 heterocycles. The SMILES string of the molecule is CC(=O)c1cn(CC(=O)N2C[C@H](F)C[C@H]2C(=O)CNS(=O)(=O)c2ccccc2)c2ccc(-c3cnc(C)nc3)cc12. The molecule has 1 fully saturated rings. The third-order valence-electron chi connectivity index (χ3n) is 7.11. The zero-order chi connectivity index (χ0) is 29.3. The summed E-state index contributed by atoms with van der Waals surface area (Å²) in [4.78, 5) is 48.4. The molecule has 0 saturated carbocycles. The number of nitrogens with one attached hydrogen (secondary N) is 1. The molecule has 0 bridgehead atoms. The molecule has 212 valence electrons. The summed E-state index contributed by atoms with van der Waals surface area (Å²) in [5, 5.41) is 0.635. The van der Waals surface area contributed by atoms with Gasteiger partial charge in [-0.2, -0.15) is 0 Å². The molecule has 0 aliphatic carbocycles. The van der Waals surface area contributed by atoms with Gasteiger partial charge in [0.05, 0.1) is 24.0 Å². The molecule has 2 aromatic carbocycles. The summed E-state index contributed by atoms with van der Waals surface area (Å²) in [5.74, 6) is -0.684. The van der Waals surface area contributed by atoms with Crippen LogP contribution in [0.15, 0.2) is 72.0 Å². The first-order valence-corrected chi connectivity index (χ1v) is 14.5. The zero-order valence-corrected chi connectivity index (χ0v) is 23.3. The van der Waals surface area contributed by atoms with Crippen molar-refractivity contribution in [1.29, 1.82) is 0 Å². The predicted octanol–water partition coefficient (Wildman–Crippen LogP) is 3.10. The Morgan fingerprint density at radius 2 is 1.76 bits per heavy atom. The quantitative estimate of drug-likeness (QED) is 0.303. The maximum atomic E-state index is 14.5. The second kappa shape index (κ2) is 11.3. The number of nitrogens with zero attached hydrogens (tertiary/aromatic N) is 4. The molecule has 0 radical (unpaired) electrons. The van der Waals surface area contributed by atoms with Crippen LogP contribution in [0.2, 0.25) is 0 Å². The van der Waals surface area contributed by atoms with Gasteiger partial charge < -0.3 is 9.47 Å². The molecular formula is C29H28FN5O5S. The highest BCUT2D eigenvalue weighted by Gasteiger charge is 2.39. The lowest BCUT2D eigenvalue weighted by Crippen LogP contribution is -2.45. The predicted molar refractivity (Wildman–Crippen MR) is 149 cm³/mol. The Morgan fingerprint density at radius 3 is 2.44 bits per heavy atom. The molecule has 2 aromatic heterocycles. The first-order valence-electron chi connectivity index (χ1n) is 13.0. The fourth-order valence-electron chi connectivity index (χ4n) is 5.00. The number of rotatable bonds is 9. The van der Waals surface area contributed by atoms with Crippen molar-refractivity contribution in [3.63, 3.8) is 0 Å². The average molecular weight is 578 g/mol. The fourth-order valence-corrected chi connectivity index (χ4v) is 6.01. The number of amides is 1. The van der Waals surface area contributed by atoms with Gasteiger partial charge in [-0.3, -0.25) is 14.4 Å². The van der Waals surface area contributed by atoms with E-state index in [1.807, 2.05) is 12.1 Å². The molecular weight excluding hydrogens is 549 g/mol. The third kappa shape index (κ3) is 5.93. The number of ketones is 2. The van der Waals surface area contributed by atoms with E-state index in [1.165, 1.54) is 19.1 Å². The van der Waals surface area contributed by atoms with Gasteiger partial charge in [0, 0.05) is 47.0 Å². The number of benzene rings is 2. The minimum absolute atomic E-state index is 0.00524. The Morgan fingerprint density at radius 1 is 1.05 bits per heavy atom. The van der Waals surface area contributed by atoms with Crippen LogP contribution in [0.5, 0.6) is 0 Å². The van der Waals surface area contributed by atoms with Crippen LogP contribution in [-0.2, 0) is 26.2 Å². The Bertz CT molecular complexity index is 1740. The van der Waals surface area contributed by atoms with Crippen molar-refractivity contribution < 1.29 is 27.2 Å². The molecule has 41 heavy (non-hydrogen) atoms. The molecule has 1 N–H and O–H groups in total. The Balaban J connectivity index is 1.36. The Kier molecular flexibility index (Phi) is 7.78. The molecule has 1 aliphatic heterocycles. The van der Waals surface area contributed by atoms with E-state index in [1.54, 1.807) is 54.3 Å². The molecule has 1 saturated heterocycles. The van der Waals surface area contributed by atoms with E-state index in [-0.39, 0.29) is 30.2 Å². The number of carbonyl (C=O) groups excluding carboxylic acids is 3. The van der Waals surface area contributed by atoms with Gasteiger partial charge in [0.15, 0.2) is 11.6 Å². The highest BCUT2D eigenvalue weighted by Crippen LogP contribution is 2.29. The van der Waals surface area contributed by atoms with E-state index in [0.29, 0.717) is 22.3 Å². The fraction of sp³-hybridized carbons (Fsp3) is 0.276. The van der Waals surface area contributed by atoms with E-state index in [2.05, 4.69) is 14.7 Å². The normalized spacial score (nSPS) is 17.2. The number of fused-ring (bicyclic) bond motifs is 1. The molecule has 10 nitrogen and oxygen atoms in total. The summed E-state index contributed by atoms with van der Waals surface area (Å²) in [5.41, 5.74) is 2.60. The molecule has 4 aromatic rings. The second-order valence-electron chi connectivity index (χ2n) is 9.98. The van der Waals surface area contributed by atoms with Crippen LogP contribution >= 0.6 is 0 Å². The largest absolute Gasteiger partial charge is 0.337 e. The number of Topliss-reactive ketones (excluding diaryl/α,β-unsaturated/α-hetero) is 2. The Labute approximate surface area is 236 Å². The van der Waals surface area contributed by atoms with E-state index in [0.717, 1.165) is 16.0 Å². The number of aromatic nitrogens is 3.